The van der Waals surface area contributed by atoms with Gasteiger partial charge in [-0.15, -0.1) is 0 Å². The molecule has 0 heterocycles. The zero-order valence-electron chi connectivity index (χ0n) is 15.9. The summed E-state index contributed by atoms with van der Waals surface area (Å²) in [7, 11) is 0. The van der Waals surface area contributed by atoms with Gasteiger partial charge in [-0.05, 0) is 105 Å². The van der Waals surface area contributed by atoms with Crippen molar-refractivity contribution in [2.75, 3.05) is 0 Å². The summed E-state index contributed by atoms with van der Waals surface area (Å²) in [5, 5.41) is 0. The zero-order chi connectivity index (χ0) is 18.3. The van der Waals surface area contributed by atoms with Gasteiger partial charge in [0.25, 0.3) is 0 Å². The Morgan fingerprint density at radius 3 is 1.85 bits per heavy atom. The summed E-state index contributed by atoms with van der Waals surface area (Å²) < 4.78 is 41.1. The van der Waals surface area contributed by atoms with E-state index in [4.69, 9.17) is 0 Å². The predicted molar refractivity (Wildman–Crippen MR) is 98.4 cm³/mol. The minimum atomic E-state index is -1.30. The lowest BCUT2D eigenvalue weighted by Crippen LogP contribution is -2.30. The number of fused-ring (bicyclic) bond motifs is 1. The highest BCUT2D eigenvalue weighted by molar-refractivity contribution is 5.33. The molecule has 0 amide bonds. The van der Waals surface area contributed by atoms with Crippen LogP contribution in [0.2, 0.25) is 0 Å². The molecule has 1 aromatic rings. The van der Waals surface area contributed by atoms with Crippen molar-refractivity contribution in [2.45, 2.75) is 77.6 Å². The first kappa shape index (κ1) is 18.4. The van der Waals surface area contributed by atoms with Crippen LogP contribution in [0.1, 0.15) is 75.8 Å². The van der Waals surface area contributed by atoms with Gasteiger partial charge in [-0.3, -0.25) is 0 Å². The van der Waals surface area contributed by atoms with Crippen molar-refractivity contribution < 1.29 is 13.2 Å². The summed E-state index contributed by atoms with van der Waals surface area (Å²) in [6, 6.07) is 1.24. The minimum absolute atomic E-state index is 0.421. The van der Waals surface area contributed by atoms with Crippen LogP contribution in [0.3, 0.4) is 0 Å². The third-order valence-electron chi connectivity index (χ3n) is 7.81. The molecule has 0 aromatic heterocycles. The molecule has 144 valence electrons. The molecule has 3 aliphatic rings. The zero-order valence-corrected chi connectivity index (χ0v) is 15.9. The van der Waals surface area contributed by atoms with Gasteiger partial charge in [-0.1, -0.05) is 19.8 Å². The summed E-state index contributed by atoms with van der Waals surface area (Å²) >= 11 is 0. The SMILES string of the molecule is CC1CCC(C2CCC(C3CCc4c(cc(F)c(F)c4F)C3)CC2)CC1. The molecule has 0 spiro atoms. The van der Waals surface area contributed by atoms with Gasteiger partial charge in [0.05, 0.1) is 0 Å². The molecule has 1 unspecified atom stereocenters. The monoisotopic (exact) mass is 364 g/mol. The first-order chi connectivity index (χ1) is 12.5. The fourth-order valence-corrected chi connectivity index (χ4v) is 6.10. The van der Waals surface area contributed by atoms with Crippen molar-refractivity contribution in [3.63, 3.8) is 0 Å². The summed E-state index contributed by atoms with van der Waals surface area (Å²) in [6.45, 7) is 2.38. The number of benzene rings is 1. The number of hydrogen-bond acceptors (Lipinski definition) is 0. The fraction of sp³-hybridized carbons (Fsp3) is 0.739. The van der Waals surface area contributed by atoms with Crippen molar-refractivity contribution in [2.24, 2.45) is 29.6 Å². The molecule has 3 aliphatic carbocycles. The van der Waals surface area contributed by atoms with Gasteiger partial charge < -0.3 is 0 Å². The molecule has 1 atom stereocenters. The Hall–Kier alpha value is -0.990. The molecule has 2 fully saturated rings. The standard InChI is InChI=1S/C23H31F3/c1-14-2-4-15(5-3-14)16-6-8-17(9-7-16)18-10-11-20-19(12-18)13-21(24)23(26)22(20)25/h13-18H,2-12H2,1H3. The van der Waals surface area contributed by atoms with Gasteiger partial charge in [-0.25, -0.2) is 13.2 Å². The first-order valence-corrected chi connectivity index (χ1v) is 10.7. The van der Waals surface area contributed by atoms with E-state index in [9.17, 15) is 13.2 Å². The molecule has 26 heavy (non-hydrogen) atoms. The second kappa shape index (κ2) is 7.56. The van der Waals surface area contributed by atoms with E-state index in [0.717, 1.165) is 30.6 Å². The van der Waals surface area contributed by atoms with Gasteiger partial charge in [0.15, 0.2) is 17.5 Å². The van der Waals surface area contributed by atoms with Crippen LogP contribution in [-0.2, 0) is 12.8 Å². The van der Waals surface area contributed by atoms with E-state index in [2.05, 4.69) is 6.92 Å². The Bertz CT molecular complexity index is 637. The van der Waals surface area contributed by atoms with Crippen molar-refractivity contribution in [3.05, 3.63) is 34.6 Å². The molecule has 0 radical (unpaired) electrons. The molecule has 0 bridgehead atoms. The Balaban J connectivity index is 1.36. The Kier molecular flexibility index (Phi) is 5.34. The number of halogens is 3. The maximum Gasteiger partial charge on any atom is 0.194 e. The summed E-state index contributed by atoms with van der Waals surface area (Å²) in [6.07, 6.45) is 13.0. The van der Waals surface area contributed by atoms with Crippen molar-refractivity contribution >= 4 is 0 Å². The Labute approximate surface area is 155 Å². The van der Waals surface area contributed by atoms with Crippen LogP contribution in [0.25, 0.3) is 0 Å². The summed E-state index contributed by atoms with van der Waals surface area (Å²) in [5.41, 5.74) is 1.13. The summed E-state index contributed by atoms with van der Waals surface area (Å²) in [4.78, 5) is 0. The van der Waals surface area contributed by atoms with Crippen molar-refractivity contribution in [1.29, 1.82) is 0 Å². The van der Waals surface area contributed by atoms with Crippen LogP contribution in [-0.4, -0.2) is 0 Å². The fourth-order valence-electron chi connectivity index (χ4n) is 6.10. The molecule has 1 aromatic carbocycles. The molecular formula is C23H31F3. The van der Waals surface area contributed by atoms with Crippen LogP contribution in [0, 0.1) is 47.0 Å². The second-order valence-corrected chi connectivity index (χ2v) is 9.32. The van der Waals surface area contributed by atoms with Crippen LogP contribution >= 0.6 is 0 Å². The largest absolute Gasteiger partial charge is 0.204 e. The van der Waals surface area contributed by atoms with E-state index >= 15 is 0 Å². The quantitative estimate of drug-likeness (QED) is 0.504. The lowest BCUT2D eigenvalue weighted by Gasteiger charge is -2.40. The molecule has 2 saturated carbocycles. The Morgan fingerprint density at radius 1 is 0.692 bits per heavy atom. The minimum Gasteiger partial charge on any atom is -0.204 e. The summed E-state index contributed by atoms with van der Waals surface area (Å²) in [5.74, 6) is 0.659. The third-order valence-corrected chi connectivity index (χ3v) is 7.81. The van der Waals surface area contributed by atoms with Crippen LogP contribution in [0.15, 0.2) is 6.07 Å². The van der Waals surface area contributed by atoms with E-state index in [1.807, 2.05) is 0 Å². The topological polar surface area (TPSA) is 0 Å². The van der Waals surface area contributed by atoms with Gasteiger partial charge in [0.2, 0.25) is 0 Å². The van der Waals surface area contributed by atoms with Gasteiger partial charge in [-0.2, -0.15) is 0 Å². The lowest BCUT2D eigenvalue weighted by atomic mass is 9.65. The van der Waals surface area contributed by atoms with Crippen molar-refractivity contribution in [3.8, 4) is 0 Å². The number of rotatable bonds is 2. The van der Waals surface area contributed by atoms with Crippen LogP contribution in [0.5, 0.6) is 0 Å². The smallest absolute Gasteiger partial charge is 0.194 e. The average molecular weight is 364 g/mol. The van der Waals surface area contributed by atoms with Gasteiger partial charge in [0, 0.05) is 0 Å². The highest BCUT2D eigenvalue weighted by Gasteiger charge is 2.35. The van der Waals surface area contributed by atoms with Gasteiger partial charge in [0.1, 0.15) is 0 Å². The molecule has 0 nitrogen and oxygen atoms in total. The third kappa shape index (κ3) is 3.55. The van der Waals surface area contributed by atoms with Crippen LogP contribution < -0.4 is 0 Å². The van der Waals surface area contributed by atoms with Crippen LogP contribution in [0.4, 0.5) is 13.2 Å². The predicted octanol–water partition coefficient (Wildman–Crippen LogP) is 6.84. The second-order valence-electron chi connectivity index (χ2n) is 9.32. The van der Waals surface area contributed by atoms with Gasteiger partial charge >= 0.3 is 0 Å². The molecule has 3 heteroatoms. The normalized spacial score (nSPS) is 35.2. The average Bonchev–Trinajstić information content (AvgIpc) is 2.67. The lowest BCUT2D eigenvalue weighted by molar-refractivity contribution is 0.123. The highest BCUT2D eigenvalue weighted by atomic mass is 19.2. The maximum absolute atomic E-state index is 14.0. The number of hydrogen-bond donors (Lipinski definition) is 0. The van der Waals surface area contributed by atoms with E-state index in [-0.39, 0.29) is 0 Å². The van der Waals surface area contributed by atoms with Crippen molar-refractivity contribution in [1.82, 2.24) is 0 Å². The van der Waals surface area contributed by atoms with E-state index in [1.165, 1.54) is 57.4 Å². The molecule has 4 rings (SSSR count). The Morgan fingerprint density at radius 2 is 1.23 bits per heavy atom. The highest BCUT2D eigenvalue weighted by Crippen LogP contribution is 2.45. The van der Waals surface area contributed by atoms with E-state index in [1.54, 1.807) is 0 Å². The maximum atomic E-state index is 14.0. The molecular weight excluding hydrogens is 333 g/mol. The molecule has 0 N–H and O–H groups in total. The first-order valence-electron chi connectivity index (χ1n) is 10.7. The molecule has 0 saturated heterocycles. The van der Waals surface area contributed by atoms with E-state index < -0.39 is 17.5 Å². The van der Waals surface area contributed by atoms with E-state index in [0.29, 0.717) is 29.4 Å². The molecule has 0 aliphatic heterocycles.